The Kier molecular flexibility index (Phi) is 5.37. The lowest BCUT2D eigenvalue weighted by atomic mass is 9.97. The molecular formula is C23H25N3O. The van der Waals surface area contributed by atoms with E-state index in [-0.39, 0.29) is 12.1 Å². The average Bonchev–Trinajstić information content (AvgIpc) is 3.19. The number of anilines is 1. The smallest absolute Gasteiger partial charge is 0.124 e. The second kappa shape index (κ2) is 8.25. The molecule has 4 rings (SSSR count). The molecule has 27 heavy (non-hydrogen) atoms. The molecule has 1 aliphatic rings. The zero-order valence-electron chi connectivity index (χ0n) is 15.3. The van der Waals surface area contributed by atoms with Crippen LogP contribution in [-0.4, -0.2) is 6.61 Å². The molecule has 1 saturated heterocycles. The van der Waals surface area contributed by atoms with Crippen LogP contribution < -0.4 is 21.3 Å². The molecule has 0 amide bonds. The Bertz CT molecular complexity index is 882. The number of hydrogen-bond acceptors (Lipinski definition) is 4. The number of nitrogens with one attached hydrogen (secondary N) is 2. The molecule has 0 spiro atoms. The van der Waals surface area contributed by atoms with Crippen LogP contribution in [0, 0.1) is 0 Å². The first-order chi connectivity index (χ1) is 13.3. The van der Waals surface area contributed by atoms with Crippen molar-refractivity contribution in [2.45, 2.75) is 24.9 Å². The number of ether oxygens (including phenoxy) is 1. The maximum Gasteiger partial charge on any atom is 0.124 e. The van der Waals surface area contributed by atoms with Crippen molar-refractivity contribution in [2.24, 2.45) is 0 Å². The molecule has 4 N–H and O–H groups in total. The van der Waals surface area contributed by atoms with Crippen molar-refractivity contribution in [1.29, 1.82) is 0 Å². The van der Waals surface area contributed by atoms with Crippen molar-refractivity contribution in [3.8, 4) is 5.75 Å². The third kappa shape index (κ3) is 4.30. The summed E-state index contributed by atoms with van der Waals surface area (Å²) in [5, 5.41) is 0. The highest BCUT2D eigenvalue weighted by Crippen LogP contribution is 2.35. The van der Waals surface area contributed by atoms with Crippen LogP contribution in [0.15, 0.2) is 78.9 Å². The fraction of sp³-hybridized carbons (Fsp3) is 0.217. The van der Waals surface area contributed by atoms with Gasteiger partial charge in [-0.1, -0.05) is 60.7 Å². The van der Waals surface area contributed by atoms with Crippen LogP contribution in [0.25, 0.3) is 0 Å². The summed E-state index contributed by atoms with van der Waals surface area (Å²) in [5.74, 6) is 0.945. The number of nitrogen functional groups attached to an aromatic ring is 1. The standard InChI is InChI=1S/C23H25N3O/c24-19-10-6-9-18(15-19)21-16-22(26-25-21)20-11-4-5-12-23(20)27-14-13-17-7-2-1-3-8-17/h1-12,15,21-22,25-26H,13-14,16,24H2. The molecule has 3 aromatic rings. The zero-order valence-corrected chi connectivity index (χ0v) is 15.3. The van der Waals surface area contributed by atoms with Gasteiger partial charge in [0.05, 0.1) is 12.6 Å². The van der Waals surface area contributed by atoms with E-state index in [0.717, 1.165) is 24.3 Å². The summed E-state index contributed by atoms with van der Waals surface area (Å²) in [7, 11) is 0. The molecule has 0 radical (unpaired) electrons. The van der Waals surface area contributed by atoms with Crippen molar-refractivity contribution in [3.63, 3.8) is 0 Å². The first kappa shape index (κ1) is 17.6. The lowest BCUT2D eigenvalue weighted by Gasteiger charge is -2.16. The Labute approximate surface area is 160 Å². The van der Waals surface area contributed by atoms with E-state index < -0.39 is 0 Å². The minimum Gasteiger partial charge on any atom is -0.493 e. The van der Waals surface area contributed by atoms with E-state index in [1.165, 1.54) is 16.7 Å². The molecule has 0 aromatic heterocycles. The number of hydrogen-bond donors (Lipinski definition) is 3. The summed E-state index contributed by atoms with van der Waals surface area (Å²) in [5.41, 5.74) is 17.2. The molecule has 1 fully saturated rings. The van der Waals surface area contributed by atoms with Gasteiger partial charge in [0.15, 0.2) is 0 Å². The fourth-order valence-electron chi connectivity index (χ4n) is 3.58. The highest BCUT2D eigenvalue weighted by atomic mass is 16.5. The Morgan fingerprint density at radius 2 is 1.63 bits per heavy atom. The van der Waals surface area contributed by atoms with Gasteiger partial charge in [0.25, 0.3) is 0 Å². The van der Waals surface area contributed by atoms with Crippen molar-refractivity contribution in [2.75, 3.05) is 12.3 Å². The third-order valence-corrected chi connectivity index (χ3v) is 5.00. The molecule has 1 heterocycles. The Morgan fingerprint density at radius 3 is 2.48 bits per heavy atom. The van der Waals surface area contributed by atoms with E-state index in [9.17, 15) is 0 Å². The zero-order chi connectivity index (χ0) is 18.5. The normalized spacial score (nSPS) is 19.1. The molecule has 0 saturated carbocycles. The first-order valence-corrected chi connectivity index (χ1v) is 9.42. The van der Waals surface area contributed by atoms with Gasteiger partial charge in [0, 0.05) is 23.7 Å². The number of benzene rings is 3. The number of rotatable bonds is 6. The molecule has 2 atom stereocenters. The molecule has 1 aliphatic heterocycles. The van der Waals surface area contributed by atoms with E-state index in [1.807, 2.05) is 30.3 Å². The molecule has 4 heteroatoms. The van der Waals surface area contributed by atoms with Crippen LogP contribution in [0.5, 0.6) is 5.75 Å². The Morgan fingerprint density at radius 1 is 0.852 bits per heavy atom. The van der Waals surface area contributed by atoms with Crippen LogP contribution >= 0.6 is 0 Å². The van der Waals surface area contributed by atoms with Gasteiger partial charge in [-0.15, -0.1) is 0 Å². The largest absolute Gasteiger partial charge is 0.493 e. The van der Waals surface area contributed by atoms with Crippen molar-refractivity contribution < 1.29 is 4.74 Å². The Balaban J connectivity index is 1.42. The molecule has 2 unspecified atom stereocenters. The Hall–Kier alpha value is -2.82. The lowest BCUT2D eigenvalue weighted by Crippen LogP contribution is -2.27. The van der Waals surface area contributed by atoms with Crippen molar-refractivity contribution in [3.05, 3.63) is 95.6 Å². The molecule has 138 valence electrons. The second-order valence-corrected chi connectivity index (χ2v) is 6.92. The second-order valence-electron chi connectivity index (χ2n) is 6.92. The molecule has 0 aliphatic carbocycles. The van der Waals surface area contributed by atoms with Gasteiger partial charge in [0.2, 0.25) is 0 Å². The summed E-state index contributed by atoms with van der Waals surface area (Å²) in [6, 6.07) is 27.2. The van der Waals surface area contributed by atoms with Gasteiger partial charge in [-0.2, -0.15) is 0 Å². The fourth-order valence-corrected chi connectivity index (χ4v) is 3.58. The first-order valence-electron chi connectivity index (χ1n) is 9.42. The van der Waals surface area contributed by atoms with Crippen LogP contribution in [0.1, 0.15) is 35.2 Å². The minimum atomic E-state index is 0.198. The van der Waals surface area contributed by atoms with E-state index in [1.54, 1.807) is 0 Å². The van der Waals surface area contributed by atoms with E-state index in [2.05, 4.69) is 59.4 Å². The van der Waals surface area contributed by atoms with E-state index >= 15 is 0 Å². The number of para-hydroxylation sites is 1. The summed E-state index contributed by atoms with van der Waals surface area (Å²) < 4.78 is 6.13. The van der Waals surface area contributed by atoms with E-state index in [4.69, 9.17) is 10.5 Å². The third-order valence-electron chi connectivity index (χ3n) is 5.00. The van der Waals surface area contributed by atoms with Crippen LogP contribution in [-0.2, 0) is 6.42 Å². The maximum atomic E-state index is 6.13. The quantitative estimate of drug-likeness (QED) is 0.578. The van der Waals surface area contributed by atoms with Gasteiger partial charge < -0.3 is 10.5 Å². The summed E-state index contributed by atoms with van der Waals surface area (Å²) >= 11 is 0. The lowest BCUT2D eigenvalue weighted by molar-refractivity contribution is 0.315. The van der Waals surface area contributed by atoms with Gasteiger partial charge >= 0.3 is 0 Å². The van der Waals surface area contributed by atoms with Gasteiger partial charge in [-0.05, 0) is 35.7 Å². The summed E-state index contributed by atoms with van der Waals surface area (Å²) in [6.45, 7) is 0.666. The molecular weight excluding hydrogens is 334 g/mol. The highest BCUT2D eigenvalue weighted by molar-refractivity contribution is 5.43. The topological polar surface area (TPSA) is 59.3 Å². The predicted octanol–water partition coefficient (Wildman–Crippen LogP) is 4.17. The monoisotopic (exact) mass is 359 g/mol. The van der Waals surface area contributed by atoms with Crippen LogP contribution in [0.3, 0.4) is 0 Å². The van der Waals surface area contributed by atoms with Gasteiger partial charge in [-0.25, -0.2) is 10.9 Å². The molecule has 3 aromatic carbocycles. The SMILES string of the molecule is Nc1cccc(C2CC(c3ccccc3OCCc3ccccc3)NN2)c1. The van der Waals surface area contributed by atoms with Crippen molar-refractivity contribution in [1.82, 2.24) is 10.9 Å². The van der Waals surface area contributed by atoms with Crippen molar-refractivity contribution >= 4 is 5.69 Å². The number of nitrogens with two attached hydrogens (primary N) is 1. The minimum absolute atomic E-state index is 0.198. The maximum absolute atomic E-state index is 6.13. The van der Waals surface area contributed by atoms with Crippen LogP contribution in [0.4, 0.5) is 5.69 Å². The highest BCUT2D eigenvalue weighted by Gasteiger charge is 2.28. The molecule has 4 nitrogen and oxygen atoms in total. The van der Waals surface area contributed by atoms with Gasteiger partial charge in [-0.3, -0.25) is 0 Å². The summed E-state index contributed by atoms with van der Waals surface area (Å²) in [4.78, 5) is 0. The van der Waals surface area contributed by atoms with E-state index in [0.29, 0.717) is 6.61 Å². The molecule has 0 bridgehead atoms. The number of hydrazine groups is 1. The summed E-state index contributed by atoms with van der Waals surface area (Å²) in [6.07, 6.45) is 1.85. The van der Waals surface area contributed by atoms with Crippen LogP contribution in [0.2, 0.25) is 0 Å². The van der Waals surface area contributed by atoms with Gasteiger partial charge in [0.1, 0.15) is 5.75 Å². The predicted molar refractivity (Wildman–Crippen MR) is 109 cm³/mol. The average molecular weight is 359 g/mol.